The van der Waals surface area contributed by atoms with Crippen LogP contribution in [0.1, 0.15) is 65.3 Å². The average Bonchev–Trinajstić information content (AvgIpc) is 2.76. The molecule has 116 valence electrons. The van der Waals surface area contributed by atoms with Gasteiger partial charge in [-0.25, -0.2) is 0 Å². The lowest BCUT2D eigenvalue weighted by molar-refractivity contribution is 0.150. The Balaban J connectivity index is 3.24. The molecule has 0 bridgehead atoms. The number of aromatic nitrogens is 2. The third kappa shape index (κ3) is 3.61. The molecule has 0 aromatic carbocycles. The van der Waals surface area contributed by atoms with Gasteiger partial charge in [0.1, 0.15) is 0 Å². The Kier molecular flexibility index (Phi) is 5.78. The SMILES string of the molecule is CCC(C)N(CC)C(CN)c1cn(C)nc1C(C)(C)C. The monoisotopic (exact) mass is 280 g/mol. The largest absolute Gasteiger partial charge is 0.329 e. The molecule has 0 aliphatic rings. The van der Waals surface area contributed by atoms with E-state index >= 15 is 0 Å². The lowest BCUT2D eigenvalue weighted by Gasteiger charge is -2.35. The number of hydrogen-bond donors (Lipinski definition) is 1. The molecule has 2 atom stereocenters. The van der Waals surface area contributed by atoms with E-state index in [1.165, 1.54) is 5.56 Å². The van der Waals surface area contributed by atoms with Crippen molar-refractivity contribution in [1.82, 2.24) is 14.7 Å². The first-order chi connectivity index (χ1) is 9.26. The second-order valence-electron chi connectivity index (χ2n) is 6.70. The van der Waals surface area contributed by atoms with Crippen LogP contribution < -0.4 is 5.73 Å². The minimum Gasteiger partial charge on any atom is -0.329 e. The minimum absolute atomic E-state index is 0.0406. The van der Waals surface area contributed by atoms with Crippen LogP contribution in [-0.4, -0.2) is 33.8 Å². The Morgan fingerprint density at radius 3 is 2.35 bits per heavy atom. The van der Waals surface area contributed by atoms with Crippen molar-refractivity contribution < 1.29 is 0 Å². The van der Waals surface area contributed by atoms with E-state index < -0.39 is 0 Å². The normalized spacial score (nSPS) is 15.7. The molecule has 0 amide bonds. The molecule has 20 heavy (non-hydrogen) atoms. The Morgan fingerprint density at radius 2 is 1.95 bits per heavy atom. The van der Waals surface area contributed by atoms with Crippen molar-refractivity contribution in [2.45, 2.75) is 65.5 Å². The van der Waals surface area contributed by atoms with Crippen molar-refractivity contribution in [3.05, 3.63) is 17.5 Å². The summed E-state index contributed by atoms with van der Waals surface area (Å²) in [5, 5.41) is 4.69. The molecule has 0 saturated heterocycles. The molecule has 2 unspecified atom stereocenters. The van der Waals surface area contributed by atoms with Gasteiger partial charge in [-0.3, -0.25) is 9.58 Å². The van der Waals surface area contributed by atoms with E-state index in [1.54, 1.807) is 0 Å². The number of nitrogens with two attached hydrogens (primary N) is 1. The first-order valence-corrected chi connectivity index (χ1v) is 7.76. The van der Waals surface area contributed by atoms with E-state index in [0.717, 1.165) is 18.7 Å². The van der Waals surface area contributed by atoms with Crippen LogP contribution in [0.25, 0.3) is 0 Å². The molecule has 1 rings (SSSR count). The van der Waals surface area contributed by atoms with Crippen molar-refractivity contribution >= 4 is 0 Å². The van der Waals surface area contributed by atoms with Gasteiger partial charge in [-0.1, -0.05) is 34.6 Å². The average molecular weight is 280 g/mol. The maximum atomic E-state index is 6.12. The highest BCUT2D eigenvalue weighted by Crippen LogP contribution is 2.32. The highest BCUT2D eigenvalue weighted by Gasteiger charge is 2.30. The van der Waals surface area contributed by atoms with Gasteiger partial charge in [0.2, 0.25) is 0 Å². The van der Waals surface area contributed by atoms with Gasteiger partial charge in [0.05, 0.1) is 11.7 Å². The number of likely N-dealkylation sites (N-methyl/N-ethyl adjacent to an activating group) is 1. The Labute approximate surface area is 124 Å². The van der Waals surface area contributed by atoms with Crippen molar-refractivity contribution in [1.29, 1.82) is 0 Å². The summed E-state index contributed by atoms with van der Waals surface area (Å²) in [6, 6.07) is 0.777. The molecule has 0 saturated carbocycles. The third-order valence-electron chi connectivity index (χ3n) is 4.07. The number of hydrogen-bond acceptors (Lipinski definition) is 3. The van der Waals surface area contributed by atoms with Gasteiger partial charge in [-0.15, -0.1) is 0 Å². The van der Waals surface area contributed by atoms with Gasteiger partial charge in [0, 0.05) is 36.8 Å². The van der Waals surface area contributed by atoms with Crippen LogP contribution in [0, 0.1) is 0 Å². The summed E-state index contributed by atoms with van der Waals surface area (Å²) in [4.78, 5) is 2.49. The van der Waals surface area contributed by atoms with Gasteiger partial charge >= 0.3 is 0 Å². The Bertz CT molecular complexity index is 417. The predicted molar refractivity (Wildman–Crippen MR) is 85.8 cm³/mol. The topological polar surface area (TPSA) is 47.1 Å². The Morgan fingerprint density at radius 1 is 1.35 bits per heavy atom. The fourth-order valence-electron chi connectivity index (χ4n) is 2.85. The zero-order chi connectivity index (χ0) is 15.5. The van der Waals surface area contributed by atoms with Crippen molar-refractivity contribution in [3.8, 4) is 0 Å². The highest BCUT2D eigenvalue weighted by atomic mass is 15.3. The van der Waals surface area contributed by atoms with Crippen molar-refractivity contribution in [2.75, 3.05) is 13.1 Å². The lowest BCUT2D eigenvalue weighted by Crippen LogP contribution is -2.40. The molecule has 1 heterocycles. The second-order valence-corrected chi connectivity index (χ2v) is 6.70. The predicted octanol–water partition coefficient (Wildman–Crippen LogP) is 2.84. The molecule has 4 nitrogen and oxygen atoms in total. The van der Waals surface area contributed by atoms with Crippen LogP contribution in [0.3, 0.4) is 0 Å². The van der Waals surface area contributed by atoms with E-state index in [4.69, 9.17) is 5.73 Å². The zero-order valence-corrected chi connectivity index (χ0v) is 14.3. The van der Waals surface area contributed by atoms with Crippen molar-refractivity contribution in [2.24, 2.45) is 12.8 Å². The summed E-state index contributed by atoms with van der Waals surface area (Å²) in [5.74, 6) is 0. The maximum absolute atomic E-state index is 6.12. The molecule has 0 aliphatic carbocycles. The zero-order valence-electron chi connectivity index (χ0n) is 14.3. The summed E-state index contributed by atoms with van der Waals surface area (Å²) in [5.41, 5.74) is 8.60. The van der Waals surface area contributed by atoms with Gasteiger partial charge in [0.15, 0.2) is 0 Å². The summed E-state index contributed by atoms with van der Waals surface area (Å²) >= 11 is 0. The van der Waals surface area contributed by atoms with Gasteiger partial charge in [0.25, 0.3) is 0 Å². The molecule has 1 aromatic heterocycles. The van der Waals surface area contributed by atoms with Crippen LogP contribution in [0.5, 0.6) is 0 Å². The van der Waals surface area contributed by atoms with E-state index in [1.807, 2.05) is 11.7 Å². The van der Waals surface area contributed by atoms with Crippen LogP contribution >= 0.6 is 0 Å². The first kappa shape index (κ1) is 17.2. The maximum Gasteiger partial charge on any atom is 0.0726 e. The van der Waals surface area contributed by atoms with Crippen LogP contribution in [-0.2, 0) is 12.5 Å². The molecule has 0 radical (unpaired) electrons. The van der Waals surface area contributed by atoms with Gasteiger partial charge < -0.3 is 5.73 Å². The third-order valence-corrected chi connectivity index (χ3v) is 4.07. The fraction of sp³-hybridized carbons (Fsp3) is 0.812. The van der Waals surface area contributed by atoms with Gasteiger partial charge in [-0.05, 0) is 19.9 Å². The van der Waals surface area contributed by atoms with E-state index in [9.17, 15) is 0 Å². The van der Waals surface area contributed by atoms with Gasteiger partial charge in [-0.2, -0.15) is 5.10 Å². The smallest absolute Gasteiger partial charge is 0.0726 e. The molecule has 2 N–H and O–H groups in total. The molecule has 0 fully saturated rings. The molecular weight excluding hydrogens is 248 g/mol. The summed E-state index contributed by atoms with van der Waals surface area (Å²) < 4.78 is 1.92. The first-order valence-electron chi connectivity index (χ1n) is 7.76. The second kappa shape index (κ2) is 6.72. The summed E-state index contributed by atoms with van der Waals surface area (Å²) in [6.07, 6.45) is 3.28. The highest BCUT2D eigenvalue weighted by molar-refractivity contribution is 5.28. The summed E-state index contributed by atoms with van der Waals surface area (Å²) in [7, 11) is 1.99. The molecule has 0 spiro atoms. The van der Waals surface area contributed by atoms with Crippen LogP contribution in [0.15, 0.2) is 6.20 Å². The molecule has 0 aliphatic heterocycles. The minimum atomic E-state index is 0.0406. The standard InChI is InChI=1S/C16H32N4/c1-8-12(3)20(9-2)14(10-17)13-11-19(7)18-15(13)16(4,5)6/h11-12,14H,8-10,17H2,1-7H3. The molecular formula is C16H32N4. The van der Waals surface area contributed by atoms with Crippen LogP contribution in [0.2, 0.25) is 0 Å². The molecule has 1 aromatic rings. The van der Waals surface area contributed by atoms with Crippen molar-refractivity contribution in [3.63, 3.8) is 0 Å². The summed E-state index contributed by atoms with van der Waals surface area (Å²) in [6.45, 7) is 15.0. The van der Waals surface area contributed by atoms with E-state index in [0.29, 0.717) is 12.6 Å². The molecule has 4 heteroatoms. The quantitative estimate of drug-likeness (QED) is 0.871. The van der Waals surface area contributed by atoms with E-state index in [2.05, 4.69) is 57.7 Å². The lowest BCUT2D eigenvalue weighted by atomic mass is 9.87. The Hall–Kier alpha value is -0.870. The van der Waals surface area contributed by atoms with E-state index in [-0.39, 0.29) is 11.5 Å². The number of nitrogens with zero attached hydrogens (tertiary/aromatic N) is 3. The number of rotatable bonds is 6. The fourth-order valence-corrected chi connectivity index (χ4v) is 2.85. The van der Waals surface area contributed by atoms with Crippen LogP contribution in [0.4, 0.5) is 0 Å². The number of aryl methyl sites for hydroxylation is 1.